The van der Waals surface area contributed by atoms with E-state index >= 15 is 0 Å². The van der Waals surface area contributed by atoms with Gasteiger partial charge in [0.1, 0.15) is 5.75 Å². The van der Waals surface area contributed by atoms with Gasteiger partial charge in [-0.25, -0.2) is 0 Å². The first-order chi connectivity index (χ1) is 7.79. The number of benzene rings is 1. The molecule has 1 heterocycles. The highest BCUT2D eigenvalue weighted by atomic mass is 32.2. The van der Waals surface area contributed by atoms with Gasteiger partial charge in [-0.15, -0.1) is 0 Å². The van der Waals surface area contributed by atoms with Gasteiger partial charge in [0, 0.05) is 29.2 Å². The van der Waals surface area contributed by atoms with Crippen LogP contribution in [-0.4, -0.2) is 24.2 Å². The lowest BCUT2D eigenvalue weighted by molar-refractivity contribution is 0.405. The Labute approximate surface area is 102 Å². The first-order valence-electron chi connectivity index (χ1n) is 5.76. The van der Waals surface area contributed by atoms with Gasteiger partial charge in [0.2, 0.25) is 0 Å². The fraction of sp³-hybridized carbons (Fsp3) is 0.538. The van der Waals surface area contributed by atoms with Crippen LogP contribution in [0.1, 0.15) is 18.9 Å². The molecule has 0 amide bonds. The Kier molecular flexibility index (Phi) is 4.13. The van der Waals surface area contributed by atoms with Crippen LogP contribution in [0.25, 0.3) is 0 Å². The van der Waals surface area contributed by atoms with Crippen LogP contribution in [0, 0.1) is 0 Å². The second-order valence-electron chi connectivity index (χ2n) is 4.27. The fourth-order valence-electron chi connectivity index (χ4n) is 2.06. The van der Waals surface area contributed by atoms with Crippen LogP contribution >= 0.6 is 11.8 Å². The molecule has 1 aliphatic heterocycles. The molecule has 16 heavy (non-hydrogen) atoms. The molecular formula is C13H19NOS. The van der Waals surface area contributed by atoms with Gasteiger partial charge in [0.05, 0.1) is 7.11 Å². The number of hydrogen-bond donors (Lipinski definition) is 1. The summed E-state index contributed by atoms with van der Waals surface area (Å²) >= 11 is 2.06. The molecular weight excluding hydrogens is 218 g/mol. The maximum atomic E-state index is 5.34. The van der Waals surface area contributed by atoms with Crippen molar-refractivity contribution in [2.24, 2.45) is 0 Å². The summed E-state index contributed by atoms with van der Waals surface area (Å²) in [4.78, 5) is 0. The fourth-order valence-corrected chi connectivity index (χ4v) is 3.25. The third kappa shape index (κ3) is 2.92. The van der Waals surface area contributed by atoms with Crippen molar-refractivity contribution in [3.63, 3.8) is 0 Å². The van der Waals surface area contributed by atoms with Crippen LogP contribution in [0.5, 0.6) is 5.75 Å². The van der Waals surface area contributed by atoms with Gasteiger partial charge < -0.3 is 10.1 Å². The molecule has 1 aliphatic rings. The largest absolute Gasteiger partial charge is 0.496 e. The third-order valence-electron chi connectivity index (χ3n) is 2.97. The SMILES string of the molecule is COc1ccccc1CN[C@@H]1CS[C@H](C)C1. The summed E-state index contributed by atoms with van der Waals surface area (Å²) < 4.78 is 5.34. The van der Waals surface area contributed by atoms with E-state index in [0.29, 0.717) is 6.04 Å². The zero-order valence-electron chi connectivity index (χ0n) is 9.90. The number of hydrogen-bond acceptors (Lipinski definition) is 3. The van der Waals surface area contributed by atoms with Gasteiger partial charge in [-0.2, -0.15) is 11.8 Å². The molecule has 0 aliphatic carbocycles. The zero-order chi connectivity index (χ0) is 11.4. The molecule has 0 aromatic heterocycles. The monoisotopic (exact) mass is 237 g/mol. The molecule has 3 heteroatoms. The molecule has 1 aromatic carbocycles. The molecule has 1 N–H and O–H groups in total. The summed E-state index contributed by atoms with van der Waals surface area (Å²) in [5.74, 6) is 2.21. The van der Waals surface area contributed by atoms with Crippen molar-refractivity contribution in [1.29, 1.82) is 0 Å². The first-order valence-corrected chi connectivity index (χ1v) is 6.81. The van der Waals surface area contributed by atoms with Crippen LogP contribution in [0.4, 0.5) is 0 Å². The van der Waals surface area contributed by atoms with Crippen LogP contribution in [0.2, 0.25) is 0 Å². The molecule has 1 fully saturated rings. The number of thioether (sulfide) groups is 1. The van der Waals surface area contributed by atoms with Gasteiger partial charge >= 0.3 is 0 Å². The standard InChI is InChI=1S/C13H19NOS/c1-10-7-12(9-16-10)14-8-11-5-3-4-6-13(11)15-2/h3-6,10,12,14H,7-9H2,1-2H3/t10-,12+/m1/s1. The van der Waals surface area contributed by atoms with Gasteiger partial charge in [0.15, 0.2) is 0 Å². The molecule has 2 atom stereocenters. The smallest absolute Gasteiger partial charge is 0.123 e. The number of ether oxygens (including phenoxy) is 1. The molecule has 1 aromatic rings. The van der Waals surface area contributed by atoms with E-state index in [-0.39, 0.29) is 0 Å². The third-order valence-corrected chi connectivity index (χ3v) is 4.33. The number of methoxy groups -OCH3 is 1. The summed E-state index contributed by atoms with van der Waals surface area (Å²) in [7, 11) is 1.73. The van der Waals surface area contributed by atoms with Crippen molar-refractivity contribution in [2.45, 2.75) is 31.2 Å². The van der Waals surface area contributed by atoms with Gasteiger partial charge in [-0.05, 0) is 12.5 Å². The molecule has 0 unspecified atom stereocenters. The second kappa shape index (κ2) is 5.60. The van der Waals surface area contributed by atoms with E-state index in [2.05, 4.69) is 36.1 Å². The minimum absolute atomic E-state index is 0.657. The maximum absolute atomic E-state index is 5.34. The van der Waals surface area contributed by atoms with E-state index in [0.717, 1.165) is 17.5 Å². The van der Waals surface area contributed by atoms with E-state index in [1.807, 2.05) is 12.1 Å². The Morgan fingerprint density at radius 3 is 2.94 bits per heavy atom. The van der Waals surface area contributed by atoms with Crippen molar-refractivity contribution in [2.75, 3.05) is 12.9 Å². The number of rotatable bonds is 4. The van der Waals surface area contributed by atoms with E-state index < -0.39 is 0 Å². The van der Waals surface area contributed by atoms with Crippen molar-refractivity contribution < 1.29 is 4.74 Å². The van der Waals surface area contributed by atoms with Crippen LogP contribution < -0.4 is 10.1 Å². The molecule has 1 saturated heterocycles. The van der Waals surface area contributed by atoms with Crippen molar-refractivity contribution in [3.05, 3.63) is 29.8 Å². The summed E-state index contributed by atoms with van der Waals surface area (Å²) in [6.45, 7) is 3.21. The highest BCUT2D eigenvalue weighted by molar-refractivity contribution is 8.00. The van der Waals surface area contributed by atoms with Gasteiger partial charge in [-0.1, -0.05) is 25.1 Å². The summed E-state index contributed by atoms with van der Waals surface area (Å²) in [6, 6.07) is 8.87. The minimum atomic E-state index is 0.657. The highest BCUT2D eigenvalue weighted by Crippen LogP contribution is 2.26. The van der Waals surface area contributed by atoms with E-state index in [4.69, 9.17) is 4.74 Å². The van der Waals surface area contributed by atoms with Crippen molar-refractivity contribution in [3.8, 4) is 5.75 Å². The average Bonchev–Trinajstić information content (AvgIpc) is 2.73. The lowest BCUT2D eigenvalue weighted by atomic mass is 10.1. The first kappa shape index (κ1) is 11.8. The lowest BCUT2D eigenvalue weighted by Gasteiger charge is -2.13. The predicted octanol–water partition coefficient (Wildman–Crippen LogP) is 2.68. The molecule has 0 bridgehead atoms. The summed E-state index contributed by atoms with van der Waals surface area (Å²) in [5, 5.41) is 4.40. The van der Waals surface area contributed by atoms with Crippen molar-refractivity contribution in [1.82, 2.24) is 5.32 Å². The average molecular weight is 237 g/mol. The highest BCUT2D eigenvalue weighted by Gasteiger charge is 2.21. The number of nitrogens with one attached hydrogen (secondary N) is 1. The molecule has 2 nitrogen and oxygen atoms in total. The summed E-state index contributed by atoms with van der Waals surface area (Å²) in [5.41, 5.74) is 1.24. The van der Waals surface area contributed by atoms with Crippen molar-refractivity contribution >= 4 is 11.8 Å². The van der Waals surface area contributed by atoms with E-state index in [1.54, 1.807) is 7.11 Å². The van der Waals surface area contributed by atoms with Gasteiger partial charge in [0.25, 0.3) is 0 Å². The van der Waals surface area contributed by atoms with E-state index in [9.17, 15) is 0 Å². The van der Waals surface area contributed by atoms with Gasteiger partial charge in [-0.3, -0.25) is 0 Å². The summed E-state index contributed by atoms with van der Waals surface area (Å²) in [6.07, 6.45) is 1.28. The Morgan fingerprint density at radius 1 is 1.44 bits per heavy atom. The second-order valence-corrected chi connectivity index (χ2v) is 5.74. The molecule has 2 rings (SSSR count). The quantitative estimate of drug-likeness (QED) is 0.870. The Balaban J connectivity index is 1.89. The van der Waals surface area contributed by atoms with Crippen LogP contribution in [-0.2, 0) is 6.54 Å². The molecule has 0 radical (unpaired) electrons. The normalized spacial score (nSPS) is 24.6. The molecule has 0 spiro atoms. The molecule has 88 valence electrons. The number of para-hydroxylation sites is 1. The van der Waals surface area contributed by atoms with Crippen LogP contribution in [0.15, 0.2) is 24.3 Å². The lowest BCUT2D eigenvalue weighted by Crippen LogP contribution is -2.28. The Hall–Kier alpha value is -0.670. The maximum Gasteiger partial charge on any atom is 0.123 e. The Bertz CT molecular complexity index is 342. The predicted molar refractivity (Wildman–Crippen MR) is 70.2 cm³/mol. The topological polar surface area (TPSA) is 21.3 Å². The minimum Gasteiger partial charge on any atom is -0.496 e. The Morgan fingerprint density at radius 2 is 2.25 bits per heavy atom. The van der Waals surface area contributed by atoms with Crippen LogP contribution in [0.3, 0.4) is 0 Å². The zero-order valence-corrected chi connectivity index (χ0v) is 10.7. The molecule has 0 saturated carbocycles. The van der Waals surface area contributed by atoms with E-state index in [1.165, 1.54) is 17.7 Å².